The summed E-state index contributed by atoms with van der Waals surface area (Å²) >= 11 is 5.77. The van der Waals surface area contributed by atoms with Gasteiger partial charge in [0.05, 0.1) is 0 Å². The lowest BCUT2D eigenvalue weighted by Gasteiger charge is -2.08. The number of amides is 1. The lowest BCUT2D eigenvalue weighted by Crippen LogP contribution is -2.15. The number of pyridine rings is 1. The summed E-state index contributed by atoms with van der Waals surface area (Å²) in [5, 5.41) is 20.6. The van der Waals surface area contributed by atoms with Gasteiger partial charge < -0.3 is 15.5 Å². The van der Waals surface area contributed by atoms with E-state index < -0.39 is 11.9 Å². The summed E-state index contributed by atoms with van der Waals surface area (Å²) in [5.41, 5.74) is 1.39. The Morgan fingerprint density at radius 2 is 1.95 bits per heavy atom. The highest BCUT2D eigenvalue weighted by atomic mass is 35.5. The molecule has 0 aromatic carbocycles. The first-order chi connectivity index (χ1) is 9.72. The van der Waals surface area contributed by atoms with Crippen LogP contribution in [0.4, 0.5) is 5.69 Å². The van der Waals surface area contributed by atoms with Gasteiger partial charge in [0, 0.05) is 11.9 Å². The van der Waals surface area contributed by atoms with Gasteiger partial charge in [0.15, 0.2) is 0 Å². The van der Waals surface area contributed by atoms with Crippen molar-refractivity contribution in [1.82, 2.24) is 4.98 Å². The van der Waals surface area contributed by atoms with Crippen molar-refractivity contribution < 1.29 is 19.8 Å². The number of aromatic carboxylic acids is 1. The van der Waals surface area contributed by atoms with E-state index in [4.69, 9.17) is 16.7 Å². The van der Waals surface area contributed by atoms with Crippen LogP contribution in [0.25, 0.3) is 0 Å². The number of anilines is 1. The molecule has 0 fully saturated rings. The van der Waals surface area contributed by atoms with Crippen LogP contribution in [-0.4, -0.2) is 27.1 Å². The van der Waals surface area contributed by atoms with Crippen molar-refractivity contribution in [3.8, 4) is 0 Å². The highest BCUT2D eigenvalue weighted by Gasteiger charge is 2.15. The Bertz CT molecular complexity index is 646. The van der Waals surface area contributed by atoms with Gasteiger partial charge in [-0.1, -0.05) is 17.2 Å². The van der Waals surface area contributed by atoms with E-state index in [1.807, 2.05) is 0 Å². The molecule has 6 nitrogen and oxygen atoms in total. The summed E-state index contributed by atoms with van der Waals surface area (Å²) in [6.45, 7) is 5.14. The maximum absolute atomic E-state index is 11.9. The Hall–Kier alpha value is -2.34. The molecule has 112 valence electrons. The lowest BCUT2D eigenvalue weighted by molar-refractivity contribution is -0.112. The number of halogens is 1. The Morgan fingerprint density at radius 3 is 2.48 bits per heavy atom. The number of carbonyl (C=O) groups excluding carboxylic acids is 1. The van der Waals surface area contributed by atoms with Crippen molar-refractivity contribution in [3.05, 3.63) is 46.0 Å². The molecule has 0 atom stereocenters. The zero-order valence-electron chi connectivity index (χ0n) is 11.8. The molecule has 21 heavy (non-hydrogen) atoms. The van der Waals surface area contributed by atoms with Crippen LogP contribution in [-0.2, 0) is 4.79 Å². The molecular formula is C14H15ClN2O4. The highest BCUT2D eigenvalue weighted by Crippen LogP contribution is 2.18. The summed E-state index contributed by atoms with van der Waals surface area (Å²) in [5.74, 6) is -2.31. The fraction of sp³-hybridized carbons (Fsp3) is 0.214. The SMILES string of the molecule is CC(C)=C/C(O)=C(/Cl)C(=O)Nc1cc(C(=O)O)ncc1C. The minimum atomic E-state index is -1.21. The average Bonchev–Trinajstić information content (AvgIpc) is 2.39. The predicted molar refractivity (Wildman–Crippen MR) is 79.5 cm³/mol. The number of nitrogens with zero attached hydrogens (tertiary/aromatic N) is 1. The van der Waals surface area contributed by atoms with E-state index in [0.29, 0.717) is 5.56 Å². The van der Waals surface area contributed by atoms with E-state index in [0.717, 1.165) is 5.57 Å². The summed E-state index contributed by atoms with van der Waals surface area (Å²) in [6, 6.07) is 1.22. The third-order valence-electron chi connectivity index (χ3n) is 2.42. The van der Waals surface area contributed by atoms with Gasteiger partial charge in [-0.3, -0.25) is 4.79 Å². The summed E-state index contributed by atoms with van der Waals surface area (Å²) in [6.07, 6.45) is 2.68. The van der Waals surface area contributed by atoms with Crippen LogP contribution in [0, 0.1) is 6.92 Å². The van der Waals surface area contributed by atoms with Gasteiger partial charge >= 0.3 is 5.97 Å². The molecule has 7 heteroatoms. The van der Waals surface area contributed by atoms with Crippen LogP contribution in [0.1, 0.15) is 29.9 Å². The van der Waals surface area contributed by atoms with Gasteiger partial charge in [0.1, 0.15) is 16.5 Å². The van der Waals surface area contributed by atoms with Gasteiger partial charge in [-0.05, 0) is 38.5 Å². The highest BCUT2D eigenvalue weighted by molar-refractivity contribution is 6.44. The number of carboxylic acids is 1. The number of aryl methyl sites for hydroxylation is 1. The predicted octanol–water partition coefficient (Wildman–Crippen LogP) is 3.00. The van der Waals surface area contributed by atoms with Crippen molar-refractivity contribution in [1.29, 1.82) is 0 Å². The first-order valence-electron chi connectivity index (χ1n) is 5.97. The monoisotopic (exact) mass is 310 g/mol. The van der Waals surface area contributed by atoms with Crippen LogP contribution in [0.3, 0.4) is 0 Å². The molecule has 0 spiro atoms. The minimum Gasteiger partial charge on any atom is -0.506 e. The molecule has 0 saturated carbocycles. The Kier molecular flexibility index (Phi) is 5.49. The van der Waals surface area contributed by atoms with Gasteiger partial charge in [0.25, 0.3) is 5.91 Å². The zero-order valence-corrected chi connectivity index (χ0v) is 12.5. The second-order valence-corrected chi connectivity index (χ2v) is 4.94. The number of aliphatic hydroxyl groups excluding tert-OH is 1. The van der Waals surface area contributed by atoms with E-state index >= 15 is 0 Å². The number of aromatic nitrogens is 1. The Labute approximate surface area is 126 Å². The van der Waals surface area contributed by atoms with E-state index in [9.17, 15) is 14.7 Å². The maximum atomic E-state index is 11.9. The summed E-state index contributed by atoms with van der Waals surface area (Å²) in [7, 11) is 0. The topological polar surface area (TPSA) is 99.5 Å². The van der Waals surface area contributed by atoms with Crippen LogP contribution in [0.5, 0.6) is 0 Å². The van der Waals surface area contributed by atoms with Crippen molar-refractivity contribution in [2.45, 2.75) is 20.8 Å². The van der Waals surface area contributed by atoms with E-state index in [2.05, 4.69) is 10.3 Å². The average molecular weight is 311 g/mol. The quantitative estimate of drug-likeness (QED) is 0.451. The number of hydrogen-bond acceptors (Lipinski definition) is 4. The molecule has 0 saturated heterocycles. The second kappa shape index (κ2) is 6.90. The van der Waals surface area contributed by atoms with E-state index in [1.165, 1.54) is 18.3 Å². The first kappa shape index (κ1) is 16.7. The molecule has 0 aliphatic heterocycles. The molecule has 0 bridgehead atoms. The third kappa shape index (κ3) is 4.61. The van der Waals surface area contributed by atoms with Crippen molar-refractivity contribution in [2.24, 2.45) is 0 Å². The van der Waals surface area contributed by atoms with Crippen LogP contribution in [0.2, 0.25) is 0 Å². The van der Waals surface area contributed by atoms with Gasteiger partial charge in [-0.25, -0.2) is 9.78 Å². The molecule has 3 N–H and O–H groups in total. The normalized spacial score (nSPS) is 11.4. The second-order valence-electron chi connectivity index (χ2n) is 4.56. The van der Waals surface area contributed by atoms with E-state index in [-0.39, 0.29) is 22.2 Å². The number of nitrogens with one attached hydrogen (secondary N) is 1. The van der Waals surface area contributed by atoms with Crippen molar-refractivity contribution >= 4 is 29.2 Å². The number of hydrogen-bond donors (Lipinski definition) is 3. The molecule has 0 radical (unpaired) electrons. The summed E-state index contributed by atoms with van der Waals surface area (Å²) in [4.78, 5) is 26.5. The minimum absolute atomic E-state index is 0.204. The van der Waals surface area contributed by atoms with Gasteiger partial charge in [-0.15, -0.1) is 0 Å². The molecule has 1 heterocycles. The molecule has 1 aromatic rings. The summed E-state index contributed by atoms with van der Waals surface area (Å²) < 4.78 is 0. The smallest absolute Gasteiger partial charge is 0.354 e. The molecule has 0 unspecified atom stereocenters. The molecule has 1 aromatic heterocycles. The standard InChI is InChI=1S/C14H15ClN2O4/c1-7(2)4-11(18)12(15)13(19)17-9-5-10(14(20)21)16-6-8(9)3/h4-6,18H,1-3H3,(H,20,21)(H,16,17,19)/b12-11-. The van der Waals surface area contributed by atoms with Crippen molar-refractivity contribution in [3.63, 3.8) is 0 Å². The molecule has 1 rings (SSSR count). The zero-order chi connectivity index (χ0) is 16.2. The molecule has 0 aliphatic carbocycles. The van der Waals surface area contributed by atoms with Crippen LogP contribution in [0.15, 0.2) is 34.7 Å². The fourth-order valence-electron chi connectivity index (χ4n) is 1.41. The number of allylic oxidation sites excluding steroid dienone is 2. The third-order valence-corrected chi connectivity index (χ3v) is 2.79. The van der Waals surface area contributed by atoms with Crippen LogP contribution < -0.4 is 5.32 Å². The molecule has 0 aliphatic rings. The Morgan fingerprint density at radius 1 is 1.33 bits per heavy atom. The fourth-order valence-corrected chi connectivity index (χ4v) is 1.51. The largest absolute Gasteiger partial charge is 0.506 e. The maximum Gasteiger partial charge on any atom is 0.354 e. The number of rotatable bonds is 4. The molecule has 1 amide bonds. The van der Waals surface area contributed by atoms with Crippen LogP contribution >= 0.6 is 11.6 Å². The van der Waals surface area contributed by atoms with Gasteiger partial charge in [-0.2, -0.15) is 0 Å². The molecular weight excluding hydrogens is 296 g/mol. The number of carbonyl (C=O) groups is 2. The number of carboxylic acid groups (broad SMARTS) is 1. The van der Waals surface area contributed by atoms with Gasteiger partial charge in [0.2, 0.25) is 0 Å². The number of aliphatic hydroxyl groups is 1. The Balaban J connectivity index is 3.06. The van der Waals surface area contributed by atoms with E-state index in [1.54, 1.807) is 20.8 Å². The van der Waals surface area contributed by atoms with Crippen molar-refractivity contribution in [2.75, 3.05) is 5.32 Å². The first-order valence-corrected chi connectivity index (χ1v) is 6.35. The lowest BCUT2D eigenvalue weighted by atomic mass is 10.2.